The van der Waals surface area contributed by atoms with E-state index in [2.05, 4.69) is 6.92 Å². The van der Waals surface area contributed by atoms with Gasteiger partial charge in [-0.3, -0.25) is 4.79 Å². The summed E-state index contributed by atoms with van der Waals surface area (Å²) in [6.07, 6.45) is 3.28. The second-order valence-electron chi connectivity index (χ2n) is 1.85. The molecule has 0 aromatic carbocycles. The van der Waals surface area contributed by atoms with E-state index in [0.29, 0.717) is 6.42 Å². The maximum absolute atomic E-state index is 9.87. The van der Waals surface area contributed by atoms with E-state index in [-0.39, 0.29) is 37.4 Å². The third kappa shape index (κ3) is 15.8. The average molecular weight is 224 g/mol. The summed E-state index contributed by atoms with van der Waals surface area (Å²) < 4.78 is 0. The number of hydrogen-bond donors (Lipinski definition) is 1. The molecule has 0 atom stereocenters. The van der Waals surface area contributed by atoms with E-state index >= 15 is 0 Å². The Kier molecular flexibility index (Phi) is 20.6. The van der Waals surface area contributed by atoms with Gasteiger partial charge < -0.3 is 5.11 Å². The van der Waals surface area contributed by atoms with Gasteiger partial charge in [-0.1, -0.05) is 19.8 Å². The summed E-state index contributed by atoms with van der Waals surface area (Å²) in [5, 5.41) is 8.14. The summed E-state index contributed by atoms with van der Waals surface area (Å²) >= 11 is 0. The Morgan fingerprint density at radius 1 is 1.40 bits per heavy atom. The van der Waals surface area contributed by atoms with Gasteiger partial charge >= 0.3 is 5.97 Å². The first-order chi connectivity index (χ1) is 3.77. The molecule has 0 aliphatic rings. The van der Waals surface area contributed by atoms with Gasteiger partial charge in [-0.15, -0.1) is 0 Å². The molecule has 10 heavy (non-hydrogen) atoms. The molecule has 0 fully saturated rings. The second-order valence-corrected chi connectivity index (χ2v) is 1.85. The fourth-order valence-corrected chi connectivity index (χ4v) is 0.526. The van der Waals surface area contributed by atoms with E-state index in [4.69, 9.17) is 5.11 Å². The van der Waals surface area contributed by atoms with E-state index in [1.807, 2.05) is 0 Å². The summed E-state index contributed by atoms with van der Waals surface area (Å²) in [5.74, 6) is -0.682. The van der Waals surface area contributed by atoms with Crippen molar-refractivity contribution in [2.45, 2.75) is 32.6 Å². The molecule has 0 spiro atoms. The number of aliphatic carboxylic acids is 1. The van der Waals surface area contributed by atoms with Gasteiger partial charge in [-0.05, 0) is 6.42 Å². The number of carbonyl (C=O) groups is 1. The van der Waals surface area contributed by atoms with Gasteiger partial charge in [0.1, 0.15) is 0 Å². The fraction of sp³-hybridized carbons (Fsp3) is 0.833. The smallest absolute Gasteiger partial charge is 0.303 e. The summed E-state index contributed by atoms with van der Waals surface area (Å²) in [5.41, 5.74) is 0. The van der Waals surface area contributed by atoms with Crippen molar-refractivity contribution in [2.75, 3.05) is 0 Å². The molecule has 2 nitrogen and oxygen atoms in total. The maximum Gasteiger partial charge on any atom is 0.303 e. The van der Waals surface area contributed by atoms with Gasteiger partial charge in [0.25, 0.3) is 0 Å². The molecule has 0 aliphatic carbocycles. The number of carboxylic acids is 1. The summed E-state index contributed by atoms with van der Waals surface area (Å²) in [6.45, 7) is 2.06. The Hall–Kier alpha value is 0.504. The topological polar surface area (TPSA) is 37.3 Å². The molecule has 0 saturated carbocycles. The molecule has 0 rings (SSSR count). The zero-order valence-electron chi connectivity index (χ0n) is 6.14. The van der Waals surface area contributed by atoms with E-state index in [0.717, 1.165) is 19.3 Å². The number of rotatable bonds is 4. The molecule has 4 heteroatoms. The van der Waals surface area contributed by atoms with Crippen LogP contribution in [0.2, 0.25) is 0 Å². The number of hydrogen-bond acceptors (Lipinski definition) is 1. The molecule has 2 radical (unpaired) electrons. The monoisotopic (exact) mass is 224 g/mol. The van der Waals surface area contributed by atoms with Crippen LogP contribution in [0.3, 0.4) is 0 Å². The number of halogens is 1. The van der Waals surface area contributed by atoms with Crippen molar-refractivity contribution >= 4 is 5.97 Å². The molecular formula is C6H12FO2Y. The van der Waals surface area contributed by atoms with Crippen molar-refractivity contribution in [1.82, 2.24) is 0 Å². The van der Waals surface area contributed by atoms with Crippen LogP contribution in [0.5, 0.6) is 0 Å². The Bertz CT molecular complexity index is 78.1. The molecule has 0 heterocycles. The van der Waals surface area contributed by atoms with Gasteiger partial charge in [0, 0.05) is 43.8 Å². The van der Waals surface area contributed by atoms with Crippen LogP contribution in [-0.4, -0.2) is 11.1 Å². The fourth-order valence-electron chi connectivity index (χ4n) is 0.526. The Morgan fingerprint density at radius 2 is 1.90 bits per heavy atom. The van der Waals surface area contributed by atoms with E-state index in [9.17, 15) is 4.79 Å². The van der Waals surface area contributed by atoms with E-state index in [1.165, 1.54) is 0 Å². The third-order valence-corrected chi connectivity index (χ3v) is 0.994. The average Bonchev–Trinajstić information content (AvgIpc) is 1.66. The van der Waals surface area contributed by atoms with Gasteiger partial charge in [-0.2, -0.15) is 0 Å². The van der Waals surface area contributed by atoms with Crippen LogP contribution in [0.15, 0.2) is 0 Å². The van der Waals surface area contributed by atoms with Crippen molar-refractivity contribution in [2.24, 2.45) is 0 Å². The Labute approximate surface area is 85.6 Å². The quantitative estimate of drug-likeness (QED) is 0.742. The molecule has 0 aromatic heterocycles. The third-order valence-electron chi connectivity index (χ3n) is 0.994. The molecule has 58 valence electrons. The normalized spacial score (nSPS) is 7.30. The first-order valence-electron chi connectivity index (χ1n) is 2.99. The first-order valence-corrected chi connectivity index (χ1v) is 2.99. The number of carboxylic acid groups (broad SMARTS) is 1. The van der Waals surface area contributed by atoms with Gasteiger partial charge in [-0.25, -0.2) is 0 Å². The standard InChI is InChI=1S/C6H12O2.F.Y/c1-2-3-4-5-6(7)8;;/h2-5H2,1H3,(H,7,8);;. The predicted molar refractivity (Wildman–Crippen MR) is 32.9 cm³/mol. The largest absolute Gasteiger partial charge is 0.481 e. The minimum absolute atomic E-state index is 0. The molecular weight excluding hydrogens is 212 g/mol. The minimum Gasteiger partial charge on any atom is -0.481 e. The zero-order chi connectivity index (χ0) is 6.41. The van der Waals surface area contributed by atoms with Crippen LogP contribution in [0.4, 0.5) is 4.70 Å². The van der Waals surface area contributed by atoms with Gasteiger partial charge in [0.2, 0.25) is 0 Å². The molecule has 0 aliphatic heterocycles. The molecule has 1 N–H and O–H groups in total. The maximum atomic E-state index is 9.87. The van der Waals surface area contributed by atoms with Crippen molar-refractivity contribution in [3.63, 3.8) is 0 Å². The summed E-state index contributed by atoms with van der Waals surface area (Å²) in [7, 11) is 0. The molecule has 0 bridgehead atoms. The molecule has 0 saturated heterocycles. The zero-order valence-corrected chi connectivity index (χ0v) is 8.98. The minimum atomic E-state index is -0.682. The Morgan fingerprint density at radius 3 is 2.20 bits per heavy atom. The second kappa shape index (κ2) is 12.2. The van der Waals surface area contributed by atoms with E-state index < -0.39 is 5.97 Å². The molecule has 0 aromatic rings. The van der Waals surface area contributed by atoms with Crippen LogP contribution < -0.4 is 0 Å². The van der Waals surface area contributed by atoms with Crippen molar-refractivity contribution in [3.05, 3.63) is 0 Å². The van der Waals surface area contributed by atoms with Crippen molar-refractivity contribution < 1.29 is 47.3 Å². The predicted octanol–water partition coefficient (Wildman–Crippen LogP) is 2.07. The van der Waals surface area contributed by atoms with Crippen LogP contribution in [0.1, 0.15) is 32.6 Å². The van der Waals surface area contributed by atoms with Crippen LogP contribution in [0.25, 0.3) is 0 Å². The first kappa shape index (κ1) is 16.8. The SMILES string of the molecule is CCCCCC(=O)O.[F].[Y]. The van der Waals surface area contributed by atoms with Crippen LogP contribution in [0, 0.1) is 0 Å². The van der Waals surface area contributed by atoms with E-state index in [1.54, 1.807) is 0 Å². The summed E-state index contributed by atoms with van der Waals surface area (Å²) in [4.78, 5) is 9.87. The molecule has 0 unspecified atom stereocenters. The van der Waals surface area contributed by atoms with Crippen molar-refractivity contribution in [1.29, 1.82) is 0 Å². The summed E-state index contributed by atoms with van der Waals surface area (Å²) in [6, 6.07) is 0. The number of unbranched alkanes of at least 4 members (excludes halogenated alkanes) is 2. The van der Waals surface area contributed by atoms with Crippen LogP contribution in [-0.2, 0) is 37.5 Å². The van der Waals surface area contributed by atoms with Gasteiger partial charge in [0.15, 0.2) is 0 Å². The van der Waals surface area contributed by atoms with Crippen molar-refractivity contribution in [3.8, 4) is 0 Å². The Balaban J connectivity index is -0.000000245. The van der Waals surface area contributed by atoms with Crippen LogP contribution >= 0.6 is 0 Å². The molecule has 0 amide bonds. The van der Waals surface area contributed by atoms with Gasteiger partial charge in [0.05, 0.1) is 0 Å².